The number of pyridine rings is 1. The molecule has 0 aliphatic heterocycles. The molecule has 0 aliphatic rings. The molecular formula is C25H19NO3. The lowest BCUT2D eigenvalue weighted by Gasteiger charge is -2.11. The topological polar surface area (TPSA) is 59.4 Å². The predicted octanol–water partition coefficient (Wildman–Crippen LogP) is 5.69. The van der Waals surface area contributed by atoms with Gasteiger partial charge in [0.15, 0.2) is 0 Å². The van der Waals surface area contributed by atoms with Crippen LogP contribution in [-0.2, 0) is 6.61 Å². The van der Waals surface area contributed by atoms with Crippen molar-refractivity contribution in [3.8, 4) is 28.3 Å². The second-order valence-electron chi connectivity index (χ2n) is 6.60. The fourth-order valence-corrected chi connectivity index (χ4v) is 3.03. The summed E-state index contributed by atoms with van der Waals surface area (Å²) in [5.74, 6) is -0.422. The Morgan fingerprint density at radius 3 is 2.00 bits per heavy atom. The quantitative estimate of drug-likeness (QED) is 0.466. The summed E-state index contributed by atoms with van der Waals surface area (Å²) < 4.78 is 5.96. The molecule has 0 saturated carbocycles. The zero-order valence-electron chi connectivity index (χ0n) is 15.7. The minimum atomic E-state index is -0.942. The van der Waals surface area contributed by atoms with E-state index in [0.29, 0.717) is 12.5 Å². The second kappa shape index (κ2) is 8.40. The summed E-state index contributed by atoms with van der Waals surface area (Å²) in [6.07, 6.45) is 0. The number of carboxylic acid groups (broad SMARTS) is 1. The molecule has 4 heteroatoms. The minimum Gasteiger partial charge on any atom is -0.478 e. The third-order valence-corrected chi connectivity index (χ3v) is 4.57. The van der Waals surface area contributed by atoms with Crippen molar-refractivity contribution in [3.63, 3.8) is 0 Å². The molecule has 1 N–H and O–H groups in total. The zero-order chi connectivity index (χ0) is 20.1. The Morgan fingerprint density at radius 1 is 0.759 bits per heavy atom. The molecule has 4 aromatic rings. The van der Waals surface area contributed by atoms with Gasteiger partial charge in [-0.25, -0.2) is 9.78 Å². The van der Waals surface area contributed by atoms with E-state index in [1.54, 1.807) is 24.3 Å². The summed E-state index contributed by atoms with van der Waals surface area (Å²) in [4.78, 5) is 15.7. The first-order valence-corrected chi connectivity index (χ1v) is 9.27. The first-order valence-electron chi connectivity index (χ1n) is 9.27. The Bertz CT molecular complexity index is 1050. The van der Waals surface area contributed by atoms with Crippen molar-refractivity contribution in [2.75, 3.05) is 0 Å². The highest BCUT2D eigenvalue weighted by Crippen LogP contribution is 2.29. The number of hydrogen-bond donors (Lipinski definition) is 1. The van der Waals surface area contributed by atoms with E-state index in [-0.39, 0.29) is 5.56 Å². The molecule has 0 fully saturated rings. The van der Waals surface area contributed by atoms with E-state index in [1.807, 2.05) is 54.6 Å². The van der Waals surface area contributed by atoms with E-state index in [9.17, 15) is 4.79 Å². The minimum absolute atomic E-state index is 0.254. The predicted molar refractivity (Wildman–Crippen MR) is 113 cm³/mol. The lowest BCUT2D eigenvalue weighted by molar-refractivity contribution is 0.0697. The maximum Gasteiger partial charge on any atom is 0.335 e. The molecule has 0 amide bonds. The Hall–Kier alpha value is -3.92. The van der Waals surface area contributed by atoms with Crippen LogP contribution in [0.5, 0.6) is 5.88 Å². The lowest BCUT2D eigenvalue weighted by atomic mass is 10.0. The summed E-state index contributed by atoms with van der Waals surface area (Å²) in [5.41, 5.74) is 5.09. The molecule has 0 bridgehead atoms. The molecule has 0 saturated heterocycles. The van der Waals surface area contributed by atoms with Crippen molar-refractivity contribution in [1.82, 2.24) is 4.98 Å². The van der Waals surface area contributed by atoms with Crippen molar-refractivity contribution < 1.29 is 14.6 Å². The van der Waals surface area contributed by atoms with Crippen LogP contribution in [0.15, 0.2) is 97.1 Å². The van der Waals surface area contributed by atoms with Gasteiger partial charge in [0.1, 0.15) is 6.61 Å². The van der Waals surface area contributed by atoms with Crippen LogP contribution in [0.4, 0.5) is 0 Å². The molecule has 0 atom stereocenters. The van der Waals surface area contributed by atoms with Crippen LogP contribution in [0.1, 0.15) is 15.9 Å². The van der Waals surface area contributed by atoms with Crippen molar-refractivity contribution in [3.05, 3.63) is 108 Å². The number of ether oxygens (including phenoxy) is 1. The normalized spacial score (nSPS) is 10.5. The van der Waals surface area contributed by atoms with Crippen molar-refractivity contribution in [2.24, 2.45) is 0 Å². The third kappa shape index (κ3) is 4.50. The fourth-order valence-electron chi connectivity index (χ4n) is 3.03. The van der Waals surface area contributed by atoms with Gasteiger partial charge in [-0.3, -0.25) is 0 Å². The third-order valence-electron chi connectivity index (χ3n) is 4.57. The van der Waals surface area contributed by atoms with Crippen molar-refractivity contribution >= 4 is 5.97 Å². The largest absolute Gasteiger partial charge is 0.478 e. The van der Waals surface area contributed by atoms with E-state index in [0.717, 1.165) is 27.9 Å². The first kappa shape index (κ1) is 18.4. The number of nitrogens with zero attached hydrogens (tertiary/aromatic N) is 1. The van der Waals surface area contributed by atoms with Gasteiger partial charge in [0.05, 0.1) is 11.3 Å². The van der Waals surface area contributed by atoms with Gasteiger partial charge in [-0.2, -0.15) is 0 Å². The van der Waals surface area contributed by atoms with Gasteiger partial charge in [0.25, 0.3) is 0 Å². The van der Waals surface area contributed by atoms with E-state index in [2.05, 4.69) is 23.2 Å². The Labute approximate surface area is 169 Å². The van der Waals surface area contributed by atoms with E-state index >= 15 is 0 Å². The second-order valence-corrected chi connectivity index (χ2v) is 6.60. The maximum atomic E-state index is 11.0. The highest BCUT2D eigenvalue weighted by Gasteiger charge is 2.09. The Kier molecular flexibility index (Phi) is 5.34. The van der Waals surface area contributed by atoms with E-state index in [4.69, 9.17) is 9.84 Å². The van der Waals surface area contributed by atoms with Crippen LogP contribution in [0.2, 0.25) is 0 Å². The molecule has 0 radical (unpaired) electrons. The molecule has 1 heterocycles. The Morgan fingerprint density at radius 2 is 1.38 bits per heavy atom. The zero-order valence-corrected chi connectivity index (χ0v) is 15.7. The van der Waals surface area contributed by atoms with E-state index in [1.165, 1.54) is 0 Å². The number of carbonyl (C=O) groups is 1. The van der Waals surface area contributed by atoms with Gasteiger partial charge in [0.2, 0.25) is 5.88 Å². The van der Waals surface area contributed by atoms with E-state index < -0.39 is 5.97 Å². The van der Waals surface area contributed by atoms with Gasteiger partial charge in [0, 0.05) is 11.6 Å². The molecule has 3 aromatic carbocycles. The fraction of sp³-hybridized carbons (Fsp3) is 0.0400. The monoisotopic (exact) mass is 381 g/mol. The SMILES string of the molecule is O=C(O)c1ccc(COc2cc(-c3ccccc3)cc(-c3ccccc3)n2)cc1. The summed E-state index contributed by atoms with van der Waals surface area (Å²) in [6, 6.07) is 30.7. The first-order chi connectivity index (χ1) is 14.2. The van der Waals surface area contributed by atoms with Crippen LogP contribution in [0.3, 0.4) is 0 Å². The number of hydrogen-bond acceptors (Lipinski definition) is 3. The van der Waals surface area contributed by atoms with Crippen molar-refractivity contribution in [2.45, 2.75) is 6.61 Å². The van der Waals surface area contributed by atoms with Gasteiger partial charge in [-0.1, -0.05) is 72.8 Å². The number of aromatic carboxylic acids is 1. The highest BCUT2D eigenvalue weighted by atomic mass is 16.5. The van der Waals surface area contributed by atoms with Crippen LogP contribution in [0, 0.1) is 0 Å². The molecule has 4 rings (SSSR count). The summed E-state index contributed by atoms with van der Waals surface area (Å²) in [7, 11) is 0. The van der Waals surface area contributed by atoms with Crippen LogP contribution in [-0.4, -0.2) is 16.1 Å². The summed E-state index contributed by atoms with van der Waals surface area (Å²) >= 11 is 0. The molecule has 0 unspecified atom stereocenters. The molecule has 4 nitrogen and oxygen atoms in total. The van der Waals surface area contributed by atoms with Gasteiger partial charge >= 0.3 is 5.97 Å². The molecule has 0 aliphatic carbocycles. The molecular weight excluding hydrogens is 362 g/mol. The van der Waals surface area contributed by atoms with Gasteiger partial charge in [-0.05, 0) is 34.9 Å². The molecule has 142 valence electrons. The number of carboxylic acids is 1. The Balaban J connectivity index is 1.64. The van der Waals surface area contributed by atoms with Crippen LogP contribution >= 0.6 is 0 Å². The molecule has 29 heavy (non-hydrogen) atoms. The number of benzene rings is 3. The molecule has 0 spiro atoms. The summed E-state index contributed by atoms with van der Waals surface area (Å²) in [6.45, 7) is 0.305. The number of rotatable bonds is 6. The lowest BCUT2D eigenvalue weighted by Crippen LogP contribution is -2.00. The van der Waals surface area contributed by atoms with Crippen molar-refractivity contribution in [1.29, 1.82) is 0 Å². The standard InChI is InChI=1S/C25H19NO3/c27-25(28)21-13-11-18(12-14-21)17-29-24-16-22(19-7-3-1-4-8-19)15-23(26-24)20-9-5-2-6-10-20/h1-16H,17H2,(H,27,28). The molecule has 1 aromatic heterocycles. The van der Waals surface area contributed by atoms with Crippen LogP contribution < -0.4 is 4.74 Å². The maximum absolute atomic E-state index is 11.0. The smallest absolute Gasteiger partial charge is 0.335 e. The summed E-state index contributed by atoms with van der Waals surface area (Å²) in [5, 5.41) is 9.02. The van der Waals surface area contributed by atoms with Gasteiger partial charge < -0.3 is 9.84 Å². The van der Waals surface area contributed by atoms with Crippen LogP contribution in [0.25, 0.3) is 22.4 Å². The average molecular weight is 381 g/mol. The highest BCUT2D eigenvalue weighted by molar-refractivity contribution is 5.87. The number of aromatic nitrogens is 1. The average Bonchev–Trinajstić information content (AvgIpc) is 2.79. The van der Waals surface area contributed by atoms with Gasteiger partial charge in [-0.15, -0.1) is 0 Å².